The highest BCUT2D eigenvalue weighted by Crippen LogP contribution is 2.24. The monoisotopic (exact) mass is 454 g/mol. The van der Waals surface area contributed by atoms with Crippen LogP contribution in [0.25, 0.3) is 11.6 Å². The molecule has 2 aromatic heterocycles. The number of nitrogens with one attached hydrogen (secondary N) is 2. The van der Waals surface area contributed by atoms with Gasteiger partial charge in [0.1, 0.15) is 5.54 Å². The first-order chi connectivity index (χ1) is 15.4. The third-order valence-electron chi connectivity index (χ3n) is 5.16. The first kappa shape index (κ1) is 21.6. The number of thioether (sulfide) groups is 1. The van der Waals surface area contributed by atoms with Gasteiger partial charge in [-0.25, -0.2) is 4.79 Å². The molecule has 0 bridgehead atoms. The molecule has 0 spiro atoms. The maximum atomic E-state index is 12.8. The predicted octanol–water partition coefficient (Wildman–Crippen LogP) is 2.14. The van der Waals surface area contributed by atoms with Crippen molar-refractivity contribution in [2.24, 2.45) is 7.05 Å². The highest BCUT2D eigenvalue weighted by molar-refractivity contribution is 7.99. The zero-order valence-electron chi connectivity index (χ0n) is 17.6. The molecule has 0 saturated carbocycles. The van der Waals surface area contributed by atoms with Crippen molar-refractivity contribution in [3.63, 3.8) is 0 Å². The highest BCUT2D eigenvalue weighted by Gasteiger charge is 2.48. The second kappa shape index (κ2) is 8.87. The Labute approximate surface area is 188 Å². The summed E-state index contributed by atoms with van der Waals surface area (Å²) in [6.07, 6.45) is 2.57. The number of benzene rings is 1. The fraction of sp³-hybridized carbons (Fsp3) is 0.286. The quantitative estimate of drug-likeness (QED) is 0.395. The first-order valence-corrected chi connectivity index (χ1v) is 10.9. The molecule has 10 nitrogen and oxygen atoms in total. The van der Waals surface area contributed by atoms with Crippen molar-refractivity contribution >= 4 is 29.6 Å². The van der Waals surface area contributed by atoms with E-state index in [0.29, 0.717) is 29.6 Å². The molecule has 2 N–H and O–H groups in total. The third kappa shape index (κ3) is 4.37. The number of hydrogen-bond acceptors (Lipinski definition) is 7. The van der Waals surface area contributed by atoms with Crippen LogP contribution in [-0.2, 0) is 23.1 Å². The molecule has 1 atom stereocenters. The number of hydrogen-bond donors (Lipinski definition) is 2. The van der Waals surface area contributed by atoms with Crippen LogP contribution < -0.4 is 10.7 Å². The maximum absolute atomic E-state index is 12.8. The van der Waals surface area contributed by atoms with Gasteiger partial charge in [-0.3, -0.25) is 15.0 Å². The summed E-state index contributed by atoms with van der Waals surface area (Å²) in [6.45, 7) is 1.66. The summed E-state index contributed by atoms with van der Waals surface area (Å²) < 4.78 is 7.02. The van der Waals surface area contributed by atoms with Crippen molar-refractivity contribution < 1.29 is 18.8 Å². The average Bonchev–Trinajstić information content (AvgIpc) is 3.48. The van der Waals surface area contributed by atoms with Crippen molar-refractivity contribution in [2.75, 3.05) is 5.75 Å². The average molecular weight is 455 g/mol. The normalized spacial score (nSPS) is 18.1. The van der Waals surface area contributed by atoms with Crippen LogP contribution in [0.3, 0.4) is 0 Å². The van der Waals surface area contributed by atoms with Crippen molar-refractivity contribution in [1.29, 1.82) is 0 Å². The van der Waals surface area contributed by atoms with E-state index < -0.39 is 23.4 Å². The summed E-state index contributed by atoms with van der Waals surface area (Å²) in [5.74, 6) is 0.0394. The highest BCUT2D eigenvalue weighted by atomic mass is 32.2. The Kier molecular flexibility index (Phi) is 5.99. The molecule has 32 heavy (non-hydrogen) atoms. The van der Waals surface area contributed by atoms with Gasteiger partial charge in [-0.1, -0.05) is 42.1 Å². The molecule has 3 aromatic rings. The topological polar surface area (TPSA) is 122 Å². The van der Waals surface area contributed by atoms with Crippen LogP contribution in [0.2, 0.25) is 0 Å². The van der Waals surface area contributed by atoms with E-state index in [4.69, 9.17) is 4.42 Å². The number of aromatic nitrogens is 3. The SMILES string of the molecule is Cn1c(SCC(=O)NN2C(=O)N[C@](C)(CCc3ccccc3)C2=O)nnc1-c1ccco1. The maximum Gasteiger partial charge on any atom is 0.344 e. The van der Waals surface area contributed by atoms with E-state index in [-0.39, 0.29) is 5.75 Å². The van der Waals surface area contributed by atoms with Crippen LogP contribution in [0.4, 0.5) is 4.79 Å². The van der Waals surface area contributed by atoms with E-state index in [0.717, 1.165) is 22.3 Å². The van der Waals surface area contributed by atoms with Gasteiger partial charge in [0.15, 0.2) is 16.7 Å². The molecule has 1 fully saturated rings. The molecule has 166 valence electrons. The minimum atomic E-state index is -1.09. The van der Waals surface area contributed by atoms with Crippen LogP contribution in [0.1, 0.15) is 18.9 Å². The van der Waals surface area contributed by atoms with Gasteiger partial charge in [-0.15, -0.1) is 10.2 Å². The number of aryl methyl sites for hydroxylation is 1. The van der Waals surface area contributed by atoms with E-state index in [1.807, 2.05) is 30.3 Å². The van der Waals surface area contributed by atoms with Crippen LogP contribution in [-0.4, -0.2) is 48.9 Å². The summed E-state index contributed by atoms with van der Waals surface area (Å²) in [7, 11) is 1.76. The van der Waals surface area contributed by atoms with Crippen molar-refractivity contribution in [3.05, 3.63) is 54.3 Å². The summed E-state index contributed by atoms with van der Waals surface area (Å²) in [6, 6.07) is 12.5. The lowest BCUT2D eigenvalue weighted by molar-refractivity contribution is -0.138. The van der Waals surface area contributed by atoms with Crippen LogP contribution >= 0.6 is 11.8 Å². The van der Waals surface area contributed by atoms with Crippen LogP contribution in [0.5, 0.6) is 0 Å². The Bertz CT molecular complexity index is 1130. The Morgan fingerprint density at radius 3 is 2.69 bits per heavy atom. The van der Waals surface area contributed by atoms with Gasteiger partial charge in [0.25, 0.3) is 5.91 Å². The molecule has 3 heterocycles. The number of hydrazine groups is 1. The first-order valence-electron chi connectivity index (χ1n) is 9.93. The number of carbonyl (C=O) groups is 3. The van der Waals surface area contributed by atoms with Gasteiger partial charge in [0.05, 0.1) is 12.0 Å². The second-order valence-electron chi connectivity index (χ2n) is 7.55. The molecule has 4 rings (SSSR count). The molecule has 11 heteroatoms. The molecule has 1 aliphatic heterocycles. The fourth-order valence-corrected chi connectivity index (χ4v) is 4.05. The van der Waals surface area contributed by atoms with E-state index in [1.165, 1.54) is 6.26 Å². The number of furan rings is 1. The van der Waals surface area contributed by atoms with E-state index in [2.05, 4.69) is 20.9 Å². The lowest BCUT2D eigenvalue weighted by Gasteiger charge is -2.21. The van der Waals surface area contributed by atoms with Gasteiger partial charge in [0.2, 0.25) is 5.91 Å². The number of rotatable bonds is 8. The Hall–Kier alpha value is -3.60. The molecule has 0 aliphatic carbocycles. The molecule has 1 aliphatic rings. The van der Waals surface area contributed by atoms with Crippen molar-refractivity contribution in [3.8, 4) is 11.6 Å². The minimum Gasteiger partial charge on any atom is -0.461 e. The zero-order chi connectivity index (χ0) is 22.7. The minimum absolute atomic E-state index is 0.0537. The number of nitrogens with zero attached hydrogens (tertiary/aromatic N) is 4. The van der Waals surface area contributed by atoms with Gasteiger partial charge in [-0.2, -0.15) is 5.01 Å². The third-order valence-corrected chi connectivity index (χ3v) is 6.18. The van der Waals surface area contributed by atoms with Crippen molar-refractivity contribution in [1.82, 2.24) is 30.5 Å². The second-order valence-corrected chi connectivity index (χ2v) is 8.50. The summed E-state index contributed by atoms with van der Waals surface area (Å²) in [4.78, 5) is 37.6. The molecule has 0 unspecified atom stereocenters. The zero-order valence-corrected chi connectivity index (χ0v) is 18.4. The summed E-state index contributed by atoms with van der Waals surface area (Å²) in [5, 5.41) is 12.1. The van der Waals surface area contributed by atoms with Gasteiger partial charge in [0, 0.05) is 7.05 Å². The van der Waals surface area contributed by atoms with Gasteiger partial charge >= 0.3 is 6.03 Å². The lowest BCUT2D eigenvalue weighted by atomic mass is 9.93. The predicted molar refractivity (Wildman–Crippen MR) is 116 cm³/mol. The molecular formula is C21H22N6O4S. The van der Waals surface area contributed by atoms with E-state index in [1.54, 1.807) is 30.7 Å². The smallest absolute Gasteiger partial charge is 0.344 e. The number of imide groups is 1. The van der Waals surface area contributed by atoms with Crippen molar-refractivity contribution in [2.45, 2.75) is 30.5 Å². The number of urea groups is 1. The van der Waals surface area contributed by atoms with Crippen LogP contribution in [0.15, 0.2) is 58.3 Å². The lowest BCUT2D eigenvalue weighted by Crippen LogP contribution is -2.49. The largest absolute Gasteiger partial charge is 0.461 e. The molecule has 0 radical (unpaired) electrons. The van der Waals surface area contributed by atoms with Crippen LogP contribution in [0, 0.1) is 0 Å². The summed E-state index contributed by atoms with van der Waals surface area (Å²) >= 11 is 1.13. The summed E-state index contributed by atoms with van der Waals surface area (Å²) in [5.41, 5.74) is 2.37. The van der Waals surface area contributed by atoms with E-state index >= 15 is 0 Å². The Balaban J connectivity index is 1.33. The fourth-order valence-electron chi connectivity index (χ4n) is 3.34. The molecule has 4 amide bonds. The van der Waals surface area contributed by atoms with Gasteiger partial charge in [-0.05, 0) is 37.5 Å². The Morgan fingerprint density at radius 2 is 1.97 bits per heavy atom. The molecule has 1 saturated heterocycles. The standard InChI is InChI=1S/C21H22N6O4S/c1-21(11-10-14-7-4-3-5-8-14)18(29)27(19(30)22-21)25-16(28)13-32-20-24-23-17(26(20)2)15-9-6-12-31-15/h3-9,12H,10-11,13H2,1-2H3,(H,22,30)(H,25,28)/t21-/m1/s1. The van der Waals surface area contributed by atoms with Gasteiger partial charge < -0.3 is 14.3 Å². The van der Waals surface area contributed by atoms with E-state index in [9.17, 15) is 14.4 Å². The Morgan fingerprint density at radius 1 is 1.19 bits per heavy atom. The number of amides is 4. The molecule has 1 aromatic carbocycles. The molecular weight excluding hydrogens is 432 g/mol. The number of carbonyl (C=O) groups excluding carboxylic acids is 3.